The minimum absolute atomic E-state index is 0.00286. The van der Waals surface area contributed by atoms with Crippen LogP contribution in [-0.4, -0.2) is 54.4 Å². The van der Waals surface area contributed by atoms with Crippen LogP contribution in [0, 0.1) is 5.92 Å². The Bertz CT molecular complexity index is 995. The summed E-state index contributed by atoms with van der Waals surface area (Å²) in [6, 6.07) is 7.36. The maximum Gasteiger partial charge on any atom is 0.264 e. The summed E-state index contributed by atoms with van der Waals surface area (Å²) in [5.41, 5.74) is 0.424. The Morgan fingerprint density at radius 1 is 1.23 bits per heavy atom. The molecule has 2 heterocycles. The van der Waals surface area contributed by atoms with Crippen molar-refractivity contribution in [1.82, 2.24) is 20.2 Å². The van der Waals surface area contributed by atoms with Crippen molar-refractivity contribution < 1.29 is 18.0 Å². The van der Waals surface area contributed by atoms with Crippen LogP contribution in [0.5, 0.6) is 0 Å². The first kappa shape index (κ1) is 21.7. The third kappa shape index (κ3) is 5.51. The molecule has 2 amide bonds. The molecule has 1 fully saturated rings. The van der Waals surface area contributed by atoms with Gasteiger partial charge in [0.2, 0.25) is 17.8 Å². The van der Waals surface area contributed by atoms with Crippen LogP contribution in [0.25, 0.3) is 0 Å². The lowest BCUT2D eigenvalue weighted by Gasteiger charge is -2.34. The number of carbonyl (C=O) groups is 2. The molecule has 2 aromatic rings. The van der Waals surface area contributed by atoms with Gasteiger partial charge in [-0.25, -0.2) is 23.1 Å². The summed E-state index contributed by atoms with van der Waals surface area (Å²) < 4.78 is 27.0. The van der Waals surface area contributed by atoms with Crippen molar-refractivity contribution in [3.63, 3.8) is 0 Å². The van der Waals surface area contributed by atoms with Crippen LogP contribution in [0.1, 0.15) is 20.3 Å². The highest BCUT2D eigenvalue weighted by Gasteiger charge is 2.28. The van der Waals surface area contributed by atoms with Gasteiger partial charge in [-0.3, -0.25) is 14.9 Å². The Hall–Kier alpha value is -3.05. The van der Waals surface area contributed by atoms with Gasteiger partial charge in [-0.15, -0.1) is 0 Å². The van der Waals surface area contributed by atoms with Crippen molar-refractivity contribution in [2.45, 2.75) is 31.2 Å². The highest BCUT2D eigenvalue weighted by molar-refractivity contribution is 7.92. The van der Waals surface area contributed by atoms with Crippen molar-refractivity contribution in [2.75, 3.05) is 23.3 Å². The van der Waals surface area contributed by atoms with E-state index in [1.165, 1.54) is 41.6 Å². The minimum atomic E-state index is -3.85. The summed E-state index contributed by atoms with van der Waals surface area (Å²) in [4.78, 5) is 33.6. The van der Waals surface area contributed by atoms with Gasteiger partial charge in [0.05, 0.1) is 11.6 Å². The SMILES string of the molecule is CC(C)C1CC(=O)N(CC(=O)Nc2ccc(S(=O)(=O)Nc3ncccn3)cc2)CN1. The molecule has 1 aliphatic rings. The fourth-order valence-corrected chi connectivity index (χ4v) is 3.90. The molecule has 1 aromatic heterocycles. The minimum Gasteiger partial charge on any atom is -0.325 e. The molecule has 0 saturated carbocycles. The van der Waals surface area contributed by atoms with E-state index in [4.69, 9.17) is 0 Å². The zero-order valence-corrected chi connectivity index (χ0v) is 17.5. The maximum atomic E-state index is 12.4. The number of nitrogens with zero attached hydrogens (tertiary/aromatic N) is 3. The molecule has 0 spiro atoms. The van der Waals surface area contributed by atoms with E-state index >= 15 is 0 Å². The van der Waals surface area contributed by atoms with Gasteiger partial charge in [0.25, 0.3) is 10.0 Å². The number of sulfonamides is 1. The molecule has 10 nitrogen and oxygen atoms in total. The van der Waals surface area contributed by atoms with E-state index in [9.17, 15) is 18.0 Å². The normalized spacial score (nSPS) is 17.1. The predicted molar refractivity (Wildman–Crippen MR) is 111 cm³/mol. The average molecular weight is 433 g/mol. The summed E-state index contributed by atoms with van der Waals surface area (Å²) in [5.74, 6) is -0.130. The van der Waals surface area contributed by atoms with Crippen LogP contribution in [0.15, 0.2) is 47.6 Å². The van der Waals surface area contributed by atoms with Gasteiger partial charge in [0.15, 0.2) is 0 Å². The molecule has 160 valence electrons. The molecular formula is C19H24N6O4S. The second-order valence-electron chi connectivity index (χ2n) is 7.26. The van der Waals surface area contributed by atoms with Crippen molar-refractivity contribution in [3.05, 3.63) is 42.7 Å². The predicted octanol–water partition coefficient (Wildman–Crippen LogP) is 1.02. The molecule has 1 atom stereocenters. The van der Waals surface area contributed by atoms with E-state index in [1.54, 1.807) is 6.07 Å². The molecule has 0 aliphatic carbocycles. The van der Waals surface area contributed by atoms with Gasteiger partial charge in [0, 0.05) is 30.5 Å². The first-order valence-electron chi connectivity index (χ1n) is 9.45. The maximum absolute atomic E-state index is 12.4. The van der Waals surface area contributed by atoms with Crippen LogP contribution in [0.4, 0.5) is 11.6 Å². The van der Waals surface area contributed by atoms with Crippen LogP contribution >= 0.6 is 0 Å². The summed E-state index contributed by atoms with van der Waals surface area (Å²) in [6.07, 6.45) is 3.21. The Morgan fingerprint density at radius 3 is 2.50 bits per heavy atom. The number of nitrogens with one attached hydrogen (secondary N) is 3. The van der Waals surface area contributed by atoms with Gasteiger partial charge in [-0.1, -0.05) is 13.8 Å². The number of rotatable bonds is 7. The largest absolute Gasteiger partial charge is 0.325 e. The number of aromatic nitrogens is 2. The van der Waals surface area contributed by atoms with Crippen LogP contribution < -0.4 is 15.4 Å². The third-order valence-electron chi connectivity index (χ3n) is 4.67. The zero-order valence-electron chi connectivity index (χ0n) is 16.7. The quantitative estimate of drug-likeness (QED) is 0.595. The third-order valence-corrected chi connectivity index (χ3v) is 6.01. The second kappa shape index (κ2) is 9.18. The molecule has 3 rings (SSSR count). The molecule has 1 saturated heterocycles. The molecule has 1 aliphatic heterocycles. The molecule has 11 heteroatoms. The second-order valence-corrected chi connectivity index (χ2v) is 8.94. The van der Waals surface area contributed by atoms with Gasteiger partial charge in [-0.2, -0.15) is 0 Å². The number of carbonyl (C=O) groups excluding carboxylic acids is 2. The topological polar surface area (TPSA) is 133 Å². The summed E-state index contributed by atoms with van der Waals surface area (Å²) in [7, 11) is -3.85. The number of hydrogen-bond acceptors (Lipinski definition) is 7. The van der Waals surface area contributed by atoms with E-state index in [-0.39, 0.29) is 35.2 Å². The number of amides is 2. The monoisotopic (exact) mass is 432 g/mol. The fourth-order valence-electron chi connectivity index (χ4n) is 2.94. The molecule has 1 aromatic carbocycles. The highest BCUT2D eigenvalue weighted by atomic mass is 32.2. The van der Waals surface area contributed by atoms with Crippen LogP contribution in [-0.2, 0) is 19.6 Å². The standard InChI is InChI=1S/C19H24N6O4S/c1-13(2)16-10-18(27)25(12-22-16)11-17(26)23-14-4-6-15(7-5-14)30(28,29)24-19-20-8-3-9-21-19/h3-9,13,16,22H,10-12H2,1-2H3,(H,23,26)(H,20,21,24). The Labute approximate surface area is 175 Å². The summed E-state index contributed by atoms with van der Waals surface area (Å²) >= 11 is 0. The molecule has 3 N–H and O–H groups in total. The van der Waals surface area contributed by atoms with Crippen molar-refractivity contribution >= 4 is 33.5 Å². The summed E-state index contributed by atoms with van der Waals surface area (Å²) in [6.45, 7) is 4.32. The van der Waals surface area contributed by atoms with Crippen molar-refractivity contribution in [3.8, 4) is 0 Å². The lowest BCUT2D eigenvalue weighted by atomic mass is 9.99. The lowest BCUT2D eigenvalue weighted by Crippen LogP contribution is -2.54. The molecule has 0 radical (unpaired) electrons. The van der Waals surface area contributed by atoms with E-state index in [1.807, 2.05) is 13.8 Å². The Balaban J connectivity index is 1.56. The fraction of sp³-hybridized carbons (Fsp3) is 0.368. The molecular weight excluding hydrogens is 408 g/mol. The number of hydrogen-bond donors (Lipinski definition) is 3. The average Bonchev–Trinajstić information content (AvgIpc) is 2.70. The molecule has 1 unspecified atom stereocenters. The van der Waals surface area contributed by atoms with E-state index < -0.39 is 10.0 Å². The zero-order chi connectivity index (χ0) is 21.7. The Morgan fingerprint density at radius 2 is 1.90 bits per heavy atom. The first-order valence-corrected chi connectivity index (χ1v) is 10.9. The van der Waals surface area contributed by atoms with Gasteiger partial charge >= 0.3 is 0 Å². The molecule has 30 heavy (non-hydrogen) atoms. The smallest absolute Gasteiger partial charge is 0.264 e. The Kier molecular flexibility index (Phi) is 6.63. The summed E-state index contributed by atoms with van der Waals surface area (Å²) in [5, 5.41) is 5.93. The van der Waals surface area contributed by atoms with Crippen molar-refractivity contribution in [1.29, 1.82) is 0 Å². The number of benzene rings is 1. The van der Waals surface area contributed by atoms with Crippen LogP contribution in [0.2, 0.25) is 0 Å². The molecule has 0 bridgehead atoms. The van der Waals surface area contributed by atoms with E-state index in [0.29, 0.717) is 24.7 Å². The van der Waals surface area contributed by atoms with Gasteiger partial charge in [-0.05, 0) is 36.2 Å². The van der Waals surface area contributed by atoms with Crippen molar-refractivity contribution in [2.24, 2.45) is 5.92 Å². The van der Waals surface area contributed by atoms with Gasteiger partial charge in [0.1, 0.15) is 6.54 Å². The van der Waals surface area contributed by atoms with Crippen LogP contribution in [0.3, 0.4) is 0 Å². The van der Waals surface area contributed by atoms with E-state index in [0.717, 1.165) is 0 Å². The van der Waals surface area contributed by atoms with E-state index in [2.05, 4.69) is 25.3 Å². The number of anilines is 2. The highest BCUT2D eigenvalue weighted by Crippen LogP contribution is 2.17. The van der Waals surface area contributed by atoms with Gasteiger partial charge < -0.3 is 10.2 Å². The first-order chi connectivity index (χ1) is 14.2. The lowest BCUT2D eigenvalue weighted by molar-refractivity contribution is -0.138.